The van der Waals surface area contributed by atoms with E-state index in [1.54, 1.807) is 38.1 Å². The molecule has 4 amide bonds. The normalized spacial score (nSPS) is 15.2. The van der Waals surface area contributed by atoms with Crippen LogP contribution >= 0.6 is 0 Å². The fraction of sp³-hybridized carbons (Fsp3) is 0.524. The van der Waals surface area contributed by atoms with Gasteiger partial charge in [0, 0.05) is 13.0 Å². The van der Waals surface area contributed by atoms with Crippen molar-refractivity contribution in [1.29, 1.82) is 0 Å². The summed E-state index contributed by atoms with van der Waals surface area (Å²) in [4.78, 5) is 50.2. The second-order valence-electron chi connectivity index (χ2n) is 7.55. The fourth-order valence-corrected chi connectivity index (χ4v) is 3.04. The lowest BCUT2D eigenvalue weighted by Crippen LogP contribution is -2.56. The van der Waals surface area contributed by atoms with Gasteiger partial charge in [0.15, 0.2) is 6.61 Å². The molecule has 0 unspecified atom stereocenters. The van der Waals surface area contributed by atoms with Crippen molar-refractivity contribution in [3.05, 3.63) is 30.3 Å². The molecule has 1 aliphatic rings. The van der Waals surface area contributed by atoms with E-state index in [2.05, 4.69) is 16.2 Å². The molecule has 0 aromatic heterocycles. The Hall–Kier alpha value is -3.10. The van der Waals surface area contributed by atoms with Gasteiger partial charge < -0.3 is 15.0 Å². The van der Waals surface area contributed by atoms with Gasteiger partial charge in [-0.2, -0.15) is 0 Å². The third kappa shape index (κ3) is 7.73. The first-order valence-electron chi connectivity index (χ1n) is 10.2. The Labute approximate surface area is 176 Å². The number of hydrazine groups is 1. The molecule has 0 spiro atoms. The van der Waals surface area contributed by atoms with Crippen molar-refractivity contribution in [3.8, 4) is 5.75 Å². The van der Waals surface area contributed by atoms with Crippen molar-refractivity contribution in [2.24, 2.45) is 5.92 Å². The molecule has 2 rings (SSSR count). The summed E-state index contributed by atoms with van der Waals surface area (Å²) in [6.07, 6.45) is 3.09. The van der Waals surface area contributed by atoms with Gasteiger partial charge in [-0.25, -0.2) is 0 Å². The first-order valence-corrected chi connectivity index (χ1v) is 10.2. The van der Waals surface area contributed by atoms with E-state index in [4.69, 9.17) is 4.74 Å². The molecule has 0 bridgehead atoms. The van der Waals surface area contributed by atoms with Crippen LogP contribution in [0.15, 0.2) is 30.3 Å². The third-order valence-corrected chi connectivity index (χ3v) is 4.71. The molecule has 1 aromatic carbocycles. The monoisotopic (exact) mass is 418 g/mol. The van der Waals surface area contributed by atoms with Crippen LogP contribution in [0.3, 0.4) is 0 Å². The quantitative estimate of drug-likeness (QED) is 0.539. The van der Waals surface area contributed by atoms with E-state index in [1.165, 1.54) is 4.90 Å². The van der Waals surface area contributed by atoms with Crippen LogP contribution in [0.4, 0.5) is 0 Å². The van der Waals surface area contributed by atoms with E-state index in [9.17, 15) is 19.2 Å². The van der Waals surface area contributed by atoms with E-state index in [-0.39, 0.29) is 25.0 Å². The maximum absolute atomic E-state index is 12.4. The van der Waals surface area contributed by atoms with Crippen LogP contribution < -0.4 is 20.9 Å². The minimum atomic E-state index is -0.850. The standard InChI is InChI=1S/C21H30N4O5/c1-15(2)20(22-18(27)14-30-16-9-5-3-6-10-16)21(29)24-23-17(26)13-25-12-8-4-7-11-19(25)28/h3,5-6,9-10,15,20H,4,7-8,11-14H2,1-2H3,(H,22,27)(H,23,26)(H,24,29)/t20-/m0/s1. The Morgan fingerprint density at radius 2 is 1.77 bits per heavy atom. The van der Waals surface area contributed by atoms with Crippen LogP contribution in [0.25, 0.3) is 0 Å². The number of para-hydroxylation sites is 1. The second kappa shape index (κ2) is 11.8. The molecule has 1 fully saturated rings. The molecule has 1 heterocycles. The van der Waals surface area contributed by atoms with Crippen molar-refractivity contribution in [3.63, 3.8) is 0 Å². The van der Waals surface area contributed by atoms with Gasteiger partial charge in [-0.3, -0.25) is 30.0 Å². The summed E-state index contributed by atoms with van der Waals surface area (Å²) in [6.45, 7) is 3.75. The van der Waals surface area contributed by atoms with Crippen molar-refractivity contribution < 1.29 is 23.9 Å². The number of ether oxygens (including phenoxy) is 1. The first-order chi connectivity index (χ1) is 14.4. The third-order valence-electron chi connectivity index (χ3n) is 4.71. The Morgan fingerprint density at radius 1 is 1.03 bits per heavy atom. The molecule has 1 saturated heterocycles. The smallest absolute Gasteiger partial charge is 0.261 e. The number of hydrogen-bond donors (Lipinski definition) is 3. The number of carbonyl (C=O) groups is 4. The molecule has 0 saturated carbocycles. The highest BCUT2D eigenvalue weighted by Crippen LogP contribution is 2.10. The number of amides is 4. The second-order valence-corrected chi connectivity index (χ2v) is 7.55. The van der Waals surface area contributed by atoms with Gasteiger partial charge in [0.1, 0.15) is 18.3 Å². The molecule has 0 aliphatic carbocycles. The van der Waals surface area contributed by atoms with Gasteiger partial charge >= 0.3 is 0 Å². The maximum atomic E-state index is 12.4. The van der Waals surface area contributed by atoms with Gasteiger partial charge in [-0.15, -0.1) is 0 Å². The van der Waals surface area contributed by atoms with E-state index in [1.807, 2.05) is 6.07 Å². The molecule has 9 heteroatoms. The molecular formula is C21H30N4O5. The average molecular weight is 418 g/mol. The summed E-state index contributed by atoms with van der Waals surface area (Å²) in [5.74, 6) is -1.20. The largest absolute Gasteiger partial charge is 0.484 e. The van der Waals surface area contributed by atoms with Crippen LogP contribution in [-0.4, -0.2) is 54.3 Å². The number of nitrogens with zero attached hydrogens (tertiary/aromatic N) is 1. The Morgan fingerprint density at radius 3 is 2.47 bits per heavy atom. The molecular weight excluding hydrogens is 388 g/mol. The zero-order valence-corrected chi connectivity index (χ0v) is 17.5. The zero-order chi connectivity index (χ0) is 21.9. The highest BCUT2D eigenvalue weighted by atomic mass is 16.5. The summed E-state index contributed by atoms with van der Waals surface area (Å²) in [5.41, 5.74) is 4.65. The van der Waals surface area contributed by atoms with Gasteiger partial charge in [0.05, 0.1) is 0 Å². The summed E-state index contributed by atoms with van der Waals surface area (Å²) in [5, 5.41) is 2.62. The number of rotatable bonds is 8. The summed E-state index contributed by atoms with van der Waals surface area (Å²) < 4.78 is 5.38. The fourth-order valence-electron chi connectivity index (χ4n) is 3.04. The Balaban J connectivity index is 1.79. The molecule has 1 aromatic rings. The summed E-state index contributed by atoms with van der Waals surface area (Å²) >= 11 is 0. The molecule has 3 N–H and O–H groups in total. The number of benzene rings is 1. The van der Waals surface area contributed by atoms with Gasteiger partial charge in [0.25, 0.3) is 17.7 Å². The average Bonchev–Trinajstić information content (AvgIpc) is 2.93. The lowest BCUT2D eigenvalue weighted by molar-refractivity contribution is -0.137. The SMILES string of the molecule is CC(C)[C@H](NC(=O)COc1ccccc1)C(=O)NNC(=O)CN1CCCCCC1=O. The van der Waals surface area contributed by atoms with Gasteiger partial charge in [-0.1, -0.05) is 38.5 Å². The van der Waals surface area contributed by atoms with E-state index in [0.717, 1.165) is 19.3 Å². The van der Waals surface area contributed by atoms with E-state index >= 15 is 0 Å². The van der Waals surface area contributed by atoms with Crippen LogP contribution in [0.2, 0.25) is 0 Å². The summed E-state index contributed by atoms with van der Waals surface area (Å²) in [6, 6.07) is 8.02. The Bertz CT molecular complexity index is 738. The zero-order valence-electron chi connectivity index (χ0n) is 17.5. The first kappa shape index (κ1) is 23.2. The molecule has 0 radical (unpaired) electrons. The molecule has 1 aliphatic heterocycles. The molecule has 1 atom stereocenters. The van der Waals surface area contributed by atoms with Crippen molar-refractivity contribution in [2.75, 3.05) is 19.7 Å². The molecule has 30 heavy (non-hydrogen) atoms. The summed E-state index contributed by atoms with van der Waals surface area (Å²) in [7, 11) is 0. The number of nitrogens with one attached hydrogen (secondary N) is 3. The minimum absolute atomic E-state index is 0.0558. The number of likely N-dealkylation sites (tertiary alicyclic amines) is 1. The highest BCUT2D eigenvalue weighted by Gasteiger charge is 2.25. The van der Waals surface area contributed by atoms with Crippen LogP contribution in [0.5, 0.6) is 5.75 Å². The van der Waals surface area contributed by atoms with Crippen molar-refractivity contribution >= 4 is 23.6 Å². The Kier molecular flexibility index (Phi) is 9.11. The minimum Gasteiger partial charge on any atom is -0.484 e. The number of hydrogen-bond acceptors (Lipinski definition) is 5. The van der Waals surface area contributed by atoms with Crippen molar-refractivity contribution in [2.45, 2.75) is 45.6 Å². The predicted octanol–water partition coefficient (Wildman–Crippen LogP) is 0.756. The van der Waals surface area contributed by atoms with Gasteiger partial charge in [-0.05, 0) is 30.9 Å². The lowest BCUT2D eigenvalue weighted by atomic mass is 10.0. The van der Waals surface area contributed by atoms with E-state index < -0.39 is 23.8 Å². The highest BCUT2D eigenvalue weighted by molar-refractivity contribution is 5.90. The molecule has 164 valence electrons. The topological polar surface area (TPSA) is 117 Å². The number of carbonyl (C=O) groups excluding carboxylic acids is 4. The maximum Gasteiger partial charge on any atom is 0.261 e. The van der Waals surface area contributed by atoms with Crippen LogP contribution in [0, 0.1) is 5.92 Å². The van der Waals surface area contributed by atoms with Crippen LogP contribution in [-0.2, 0) is 19.2 Å². The molecule has 9 nitrogen and oxygen atoms in total. The predicted molar refractivity (Wildman–Crippen MR) is 110 cm³/mol. The van der Waals surface area contributed by atoms with Crippen molar-refractivity contribution in [1.82, 2.24) is 21.1 Å². The lowest BCUT2D eigenvalue weighted by Gasteiger charge is -2.23. The van der Waals surface area contributed by atoms with E-state index in [0.29, 0.717) is 18.7 Å². The van der Waals surface area contributed by atoms with Gasteiger partial charge in [0.2, 0.25) is 5.91 Å². The van der Waals surface area contributed by atoms with Crippen LogP contribution in [0.1, 0.15) is 39.5 Å².